The zero-order valence-corrected chi connectivity index (χ0v) is 11.9. The lowest BCUT2D eigenvalue weighted by molar-refractivity contribution is 0.0194. The highest BCUT2D eigenvalue weighted by molar-refractivity contribution is 4.69. The minimum absolute atomic E-state index is 0.173. The molecule has 0 aliphatic rings. The van der Waals surface area contributed by atoms with E-state index in [4.69, 9.17) is 9.47 Å². The van der Waals surface area contributed by atoms with E-state index >= 15 is 0 Å². The highest BCUT2D eigenvalue weighted by Gasteiger charge is 2.09. The van der Waals surface area contributed by atoms with E-state index in [2.05, 4.69) is 46.9 Å². The zero-order valence-electron chi connectivity index (χ0n) is 11.9. The quantitative estimate of drug-likeness (QED) is 0.683. The van der Waals surface area contributed by atoms with Crippen molar-refractivity contribution >= 4 is 0 Å². The van der Waals surface area contributed by atoms with Crippen molar-refractivity contribution in [2.24, 2.45) is 5.41 Å². The Labute approximate surface area is 101 Å². The normalized spacial score (nSPS) is 13.1. The minimum atomic E-state index is 0.173. The van der Waals surface area contributed by atoms with Crippen LogP contribution in [0, 0.1) is 5.41 Å². The van der Waals surface area contributed by atoms with Gasteiger partial charge < -0.3 is 14.8 Å². The molecule has 0 aliphatic heterocycles. The summed E-state index contributed by atoms with van der Waals surface area (Å²) in [6, 6.07) is 0. The summed E-state index contributed by atoms with van der Waals surface area (Å²) in [5.41, 5.74) is 0.417. The van der Waals surface area contributed by atoms with Gasteiger partial charge in [-0.25, -0.2) is 0 Å². The first kappa shape index (κ1) is 15.9. The molecule has 16 heavy (non-hydrogen) atoms. The Morgan fingerprint density at radius 2 is 1.38 bits per heavy atom. The molecular formula is C13H29NO2. The molecule has 0 atom stereocenters. The lowest BCUT2D eigenvalue weighted by Gasteiger charge is -2.20. The van der Waals surface area contributed by atoms with Gasteiger partial charge in [0.2, 0.25) is 0 Å². The van der Waals surface area contributed by atoms with Crippen LogP contribution in [0.25, 0.3) is 0 Å². The van der Waals surface area contributed by atoms with Crippen LogP contribution in [0.2, 0.25) is 0 Å². The fourth-order valence-electron chi connectivity index (χ4n) is 1.10. The summed E-state index contributed by atoms with van der Waals surface area (Å²) >= 11 is 0. The fourth-order valence-corrected chi connectivity index (χ4v) is 1.10. The van der Waals surface area contributed by atoms with E-state index in [-0.39, 0.29) is 11.0 Å². The minimum Gasteiger partial charge on any atom is -0.379 e. The second-order valence-electron chi connectivity index (χ2n) is 6.40. The largest absolute Gasteiger partial charge is 0.379 e. The zero-order chi connectivity index (χ0) is 12.7. The SMILES string of the molecule is CC(C)(C)COCCOCCNC(C)(C)C. The van der Waals surface area contributed by atoms with Crippen molar-refractivity contribution in [2.45, 2.75) is 47.1 Å². The van der Waals surface area contributed by atoms with Gasteiger partial charge in [-0.2, -0.15) is 0 Å². The number of hydrogen-bond acceptors (Lipinski definition) is 3. The van der Waals surface area contributed by atoms with Crippen LogP contribution < -0.4 is 5.32 Å². The van der Waals surface area contributed by atoms with Crippen molar-refractivity contribution in [3.05, 3.63) is 0 Å². The molecule has 0 saturated heterocycles. The van der Waals surface area contributed by atoms with Crippen molar-refractivity contribution < 1.29 is 9.47 Å². The molecule has 0 spiro atoms. The highest BCUT2D eigenvalue weighted by Crippen LogP contribution is 2.12. The summed E-state index contributed by atoms with van der Waals surface area (Å²) in [7, 11) is 0. The van der Waals surface area contributed by atoms with E-state index < -0.39 is 0 Å². The molecule has 0 fully saturated rings. The van der Waals surface area contributed by atoms with Crippen molar-refractivity contribution in [1.29, 1.82) is 0 Å². The van der Waals surface area contributed by atoms with Gasteiger partial charge in [-0.05, 0) is 26.2 Å². The fraction of sp³-hybridized carbons (Fsp3) is 1.00. The third kappa shape index (κ3) is 13.9. The van der Waals surface area contributed by atoms with Crippen LogP contribution in [0.15, 0.2) is 0 Å². The van der Waals surface area contributed by atoms with Crippen LogP contribution in [-0.2, 0) is 9.47 Å². The van der Waals surface area contributed by atoms with Crippen LogP contribution in [0.4, 0.5) is 0 Å². The lowest BCUT2D eigenvalue weighted by atomic mass is 9.99. The number of hydrogen-bond donors (Lipinski definition) is 1. The molecule has 0 saturated carbocycles. The van der Waals surface area contributed by atoms with Crippen LogP contribution >= 0.6 is 0 Å². The smallest absolute Gasteiger partial charge is 0.0701 e. The molecule has 0 aromatic carbocycles. The number of ether oxygens (including phenoxy) is 2. The summed E-state index contributed by atoms with van der Waals surface area (Å²) in [6.45, 7) is 16.8. The molecule has 0 aromatic rings. The molecular weight excluding hydrogens is 202 g/mol. The number of rotatable bonds is 7. The maximum atomic E-state index is 5.50. The molecule has 0 bridgehead atoms. The Morgan fingerprint density at radius 1 is 0.812 bits per heavy atom. The monoisotopic (exact) mass is 231 g/mol. The third-order valence-electron chi connectivity index (χ3n) is 1.81. The first-order valence-electron chi connectivity index (χ1n) is 6.11. The summed E-state index contributed by atoms with van der Waals surface area (Å²) < 4.78 is 11.0. The molecule has 3 nitrogen and oxygen atoms in total. The Balaban J connectivity index is 3.17. The highest BCUT2D eigenvalue weighted by atomic mass is 16.5. The molecule has 0 heterocycles. The molecule has 0 aromatic heterocycles. The van der Waals surface area contributed by atoms with Gasteiger partial charge in [0.1, 0.15) is 0 Å². The Kier molecular flexibility index (Phi) is 7.20. The van der Waals surface area contributed by atoms with Gasteiger partial charge in [0.15, 0.2) is 0 Å². The Hall–Kier alpha value is -0.120. The van der Waals surface area contributed by atoms with E-state index in [1.54, 1.807) is 0 Å². The second kappa shape index (κ2) is 7.25. The molecule has 3 heteroatoms. The van der Waals surface area contributed by atoms with Gasteiger partial charge >= 0.3 is 0 Å². The van der Waals surface area contributed by atoms with Crippen LogP contribution in [0.5, 0.6) is 0 Å². The summed E-state index contributed by atoms with van der Waals surface area (Å²) in [5.74, 6) is 0. The molecule has 0 radical (unpaired) electrons. The summed E-state index contributed by atoms with van der Waals surface area (Å²) in [4.78, 5) is 0. The van der Waals surface area contributed by atoms with Gasteiger partial charge in [-0.3, -0.25) is 0 Å². The van der Waals surface area contributed by atoms with E-state index in [0.717, 1.165) is 19.8 Å². The third-order valence-corrected chi connectivity index (χ3v) is 1.81. The van der Waals surface area contributed by atoms with E-state index in [9.17, 15) is 0 Å². The van der Waals surface area contributed by atoms with Crippen LogP contribution in [0.3, 0.4) is 0 Å². The van der Waals surface area contributed by atoms with Crippen molar-refractivity contribution in [1.82, 2.24) is 5.32 Å². The van der Waals surface area contributed by atoms with Gasteiger partial charge in [0, 0.05) is 12.1 Å². The predicted octanol–water partition coefficient (Wildman–Crippen LogP) is 2.45. The molecule has 1 N–H and O–H groups in total. The van der Waals surface area contributed by atoms with Crippen LogP contribution in [0.1, 0.15) is 41.5 Å². The maximum Gasteiger partial charge on any atom is 0.0701 e. The molecule has 0 aliphatic carbocycles. The van der Waals surface area contributed by atoms with E-state index in [1.165, 1.54) is 0 Å². The van der Waals surface area contributed by atoms with Gasteiger partial charge in [0.05, 0.1) is 26.4 Å². The average Bonchev–Trinajstić information content (AvgIpc) is 2.06. The summed E-state index contributed by atoms with van der Waals surface area (Å²) in [6.07, 6.45) is 0. The molecule has 0 unspecified atom stereocenters. The van der Waals surface area contributed by atoms with E-state index in [0.29, 0.717) is 13.2 Å². The van der Waals surface area contributed by atoms with Crippen LogP contribution in [-0.4, -0.2) is 38.5 Å². The average molecular weight is 231 g/mol. The van der Waals surface area contributed by atoms with E-state index in [1.807, 2.05) is 0 Å². The molecule has 0 rings (SSSR count). The van der Waals surface area contributed by atoms with Crippen molar-refractivity contribution in [3.63, 3.8) is 0 Å². The molecule has 0 amide bonds. The number of nitrogens with one attached hydrogen (secondary N) is 1. The molecule has 98 valence electrons. The summed E-state index contributed by atoms with van der Waals surface area (Å²) in [5, 5.41) is 3.37. The lowest BCUT2D eigenvalue weighted by Crippen LogP contribution is -2.38. The standard InChI is InChI=1S/C13H29NO2/c1-12(2,3)11-16-10-9-15-8-7-14-13(4,5)6/h14H,7-11H2,1-6H3. The van der Waals surface area contributed by atoms with Crippen molar-refractivity contribution in [2.75, 3.05) is 33.0 Å². The second-order valence-corrected chi connectivity index (χ2v) is 6.40. The topological polar surface area (TPSA) is 30.5 Å². The van der Waals surface area contributed by atoms with Gasteiger partial charge in [-0.15, -0.1) is 0 Å². The maximum absolute atomic E-state index is 5.50. The predicted molar refractivity (Wildman–Crippen MR) is 68.8 cm³/mol. The first-order valence-corrected chi connectivity index (χ1v) is 6.11. The van der Waals surface area contributed by atoms with Gasteiger partial charge in [0.25, 0.3) is 0 Å². The van der Waals surface area contributed by atoms with Crippen molar-refractivity contribution in [3.8, 4) is 0 Å². The van der Waals surface area contributed by atoms with Gasteiger partial charge in [-0.1, -0.05) is 20.8 Å². The Bertz CT molecular complexity index is 148. The Morgan fingerprint density at radius 3 is 1.88 bits per heavy atom. The first-order chi connectivity index (χ1) is 7.21.